The minimum atomic E-state index is -0.780. The average Bonchev–Trinajstić information content (AvgIpc) is 3.43. The van der Waals surface area contributed by atoms with Crippen LogP contribution in [-0.2, 0) is 23.3 Å². The predicted octanol–water partition coefficient (Wildman–Crippen LogP) is 5.39. The molecule has 9 nitrogen and oxygen atoms in total. The van der Waals surface area contributed by atoms with Crippen molar-refractivity contribution >= 4 is 27.8 Å². The molecule has 1 atom stereocenters. The summed E-state index contributed by atoms with van der Waals surface area (Å²) in [4.78, 5) is 38.7. The summed E-state index contributed by atoms with van der Waals surface area (Å²) in [6.07, 6.45) is 2.33. The van der Waals surface area contributed by atoms with Crippen molar-refractivity contribution in [2.24, 2.45) is 0 Å². The van der Waals surface area contributed by atoms with E-state index in [4.69, 9.17) is 24.2 Å². The van der Waals surface area contributed by atoms with Gasteiger partial charge < -0.3 is 14.2 Å². The lowest BCUT2D eigenvalue weighted by molar-refractivity contribution is 0.0920. The summed E-state index contributed by atoms with van der Waals surface area (Å²) in [5.41, 5.74) is 0.759. The van der Waals surface area contributed by atoms with Gasteiger partial charge in [-0.25, -0.2) is 19.2 Å². The van der Waals surface area contributed by atoms with E-state index in [0.29, 0.717) is 53.0 Å². The molecular formula is C30H31FN4O5S. The largest absolute Gasteiger partial charge is 0.497 e. The van der Waals surface area contributed by atoms with E-state index in [0.717, 1.165) is 17.5 Å². The van der Waals surface area contributed by atoms with Gasteiger partial charge in [0.2, 0.25) is 0 Å². The Kier molecular flexibility index (Phi) is 7.37. The smallest absolute Gasteiger partial charge is 0.410 e. The van der Waals surface area contributed by atoms with Crippen LogP contribution in [0.1, 0.15) is 53.7 Å². The number of rotatable bonds is 9. The fraction of sp³-hybridized carbons (Fsp3) is 0.400. The maximum absolute atomic E-state index is 14.3. The predicted molar refractivity (Wildman–Crippen MR) is 153 cm³/mol. The quantitative estimate of drug-likeness (QED) is 0.263. The van der Waals surface area contributed by atoms with E-state index in [9.17, 15) is 14.0 Å². The zero-order chi connectivity index (χ0) is 28.6. The molecule has 214 valence electrons. The summed E-state index contributed by atoms with van der Waals surface area (Å²) < 4.78 is 32.3. The number of aromatic nitrogens is 3. The highest BCUT2D eigenvalue weighted by Gasteiger charge is 2.49. The molecule has 6 rings (SSSR count). The molecule has 1 saturated heterocycles. The Bertz CT molecular complexity index is 1640. The number of fused-ring (bicyclic) bond motifs is 1. The van der Waals surface area contributed by atoms with Crippen LogP contribution in [-0.4, -0.2) is 53.0 Å². The lowest BCUT2D eigenvalue weighted by Gasteiger charge is -2.22. The van der Waals surface area contributed by atoms with Crippen LogP contribution in [0.4, 0.5) is 9.18 Å². The van der Waals surface area contributed by atoms with Crippen LogP contribution in [0.15, 0.2) is 53.3 Å². The molecule has 0 spiro atoms. The molecule has 1 amide bonds. The summed E-state index contributed by atoms with van der Waals surface area (Å²) in [5.74, 6) is 1.61. The van der Waals surface area contributed by atoms with Crippen molar-refractivity contribution in [2.45, 2.75) is 50.3 Å². The standard InChI is InChI=1S/C30H31FN4O5S/c1-38-21-11-10-20(23(15-21)39-2)16-35-27(36)24-26(33-28(35)30(18-31)12-13-30)41-25(32-24)22-9-6-14-34(22)29(37)40-17-19-7-4-3-5-8-19/h3-5,7-8,10-11,15,22H,6,9,12-14,16-18H2,1-2H3/t22-/m1/s1. The summed E-state index contributed by atoms with van der Waals surface area (Å²) in [5, 5.41) is 0.634. The van der Waals surface area contributed by atoms with Gasteiger partial charge in [0, 0.05) is 18.2 Å². The van der Waals surface area contributed by atoms with Gasteiger partial charge in [-0.15, -0.1) is 0 Å². The molecule has 2 fully saturated rings. The molecule has 0 N–H and O–H groups in total. The highest BCUT2D eigenvalue weighted by atomic mass is 32.1. The van der Waals surface area contributed by atoms with Crippen LogP contribution >= 0.6 is 11.3 Å². The van der Waals surface area contributed by atoms with Gasteiger partial charge in [-0.3, -0.25) is 14.3 Å². The van der Waals surface area contributed by atoms with Gasteiger partial charge in [0.25, 0.3) is 5.56 Å². The Morgan fingerprint density at radius 2 is 1.93 bits per heavy atom. The minimum absolute atomic E-state index is 0.153. The van der Waals surface area contributed by atoms with Gasteiger partial charge in [-0.2, -0.15) is 0 Å². The molecule has 2 aromatic carbocycles. The van der Waals surface area contributed by atoms with Crippen LogP contribution in [0.2, 0.25) is 0 Å². The number of nitrogens with zero attached hydrogens (tertiary/aromatic N) is 4. The molecule has 0 unspecified atom stereocenters. The summed E-state index contributed by atoms with van der Waals surface area (Å²) in [6, 6.07) is 14.6. The SMILES string of the molecule is COc1ccc(Cn2c(C3(CF)CC3)nc3sc([C@H]4CCCN4C(=O)OCc4ccccc4)nc3c2=O)c(OC)c1. The van der Waals surface area contributed by atoms with Gasteiger partial charge in [0.05, 0.1) is 32.2 Å². The Hall–Kier alpha value is -3.99. The molecule has 0 bridgehead atoms. The second kappa shape index (κ2) is 11.1. The fourth-order valence-electron chi connectivity index (χ4n) is 5.38. The fourth-order valence-corrected chi connectivity index (χ4v) is 6.46. The Morgan fingerprint density at radius 1 is 1.12 bits per heavy atom. The third-order valence-electron chi connectivity index (χ3n) is 7.92. The maximum atomic E-state index is 14.3. The molecule has 3 heterocycles. The van der Waals surface area contributed by atoms with Crippen molar-refractivity contribution in [3.8, 4) is 11.5 Å². The van der Waals surface area contributed by atoms with Crippen LogP contribution in [0, 0.1) is 0 Å². The molecule has 1 aliphatic heterocycles. The lowest BCUT2D eigenvalue weighted by Crippen LogP contribution is -2.31. The number of alkyl halides is 1. The van der Waals surface area contributed by atoms with Crippen molar-refractivity contribution < 1.29 is 23.4 Å². The van der Waals surface area contributed by atoms with Gasteiger partial charge in [-0.05, 0) is 43.4 Å². The van der Waals surface area contributed by atoms with Crippen LogP contribution < -0.4 is 15.0 Å². The van der Waals surface area contributed by atoms with Crippen molar-refractivity contribution in [1.29, 1.82) is 0 Å². The number of benzene rings is 2. The second-order valence-corrected chi connectivity index (χ2v) is 11.5. The summed E-state index contributed by atoms with van der Waals surface area (Å²) in [7, 11) is 3.12. The number of hydrogen-bond donors (Lipinski definition) is 0. The van der Waals surface area contributed by atoms with Crippen LogP contribution in [0.25, 0.3) is 10.3 Å². The van der Waals surface area contributed by atoms with Crippen molar-refractivity contribution in [3.63, 3.8) is 0 Å². The number of amides is 1. The van der Waals surface area contributed by atoms with E-state index >= 15 is 0 Å². The van der Waals surface area contributed by atoms with Crippen LogP contribution in [0.5, 0.6) is 11.5 Å². The first kappa shape index (κ1) is 27.2. The first-order valence-corrected chi connectivity index (χ1v) is 14.4. The topological polar surface area (TPSA) is 95.8 Å². The molecular weight excluding hydrogens is 547 g/mol. The van der Waals surface area contributed by atoms with Crippen molar-refractivity contribution in [3.05, 3.63) is 80.8 Å². The first-order valence-electron chi connectivity index (χ1n) is 13.6. The Balaban J connectivity index is 1.34. The van der Waals surface area contributed by atoms with E-state index in [2.05, 4.69) is 0 Å². The number of ether oxygens (including phenoxy) is 3. The van der Waals surface area contributed by atoms with E-state index in [1.165, 1.54) is 15.9 Å². The van der Waals surface area contributed by atoms with Gasteiger partial charge in [-0.1, -0.05) is 41.7 Å². The number of likely N-dealkylation sites (tertiary alicyclic amines) is 1. The Labute approximate surface area is 240 Å². The summed E-state index contributed by atoms with van der Waals surface area (Å²) in [6.45, 7) is 0.276. The first-order chi connectivity index (χ1) is 20.0. The normalized spacial score (nSPS) is 17.5. The molecule has 1 saturated carbocycles. The van der Waals surface area contributed by atoms with Gasteiger partial charge >= 0.3 is 6.09 Å². The van der Waals surface area contributed by atoms with E-state index in [1.54, 1.807) is 31.3 Å². The molecule has 41 heavy (non-hydrogen) atoms. The molecule has 2 aromatic heterocycles. The summed E-state index contributed by atoms with van der Waals surface area (Å²) >= 11 is 1.29. The van der Waals surface area contributed by atoms with Crippen molar-refractivity contribution in [1.82, 2.24) is 19.4 Å². The van der Waals surface area contributed by atoms with Gasteiger partial charge in [0.15, 0.2) is 10.3 Å². The van der Waals surface area contributed by atoms with E-state index in [-0.39, 0.29) is 30.3 Å². The third kappa shape index (κ3) is 5.14. The minimum Gasteiger partial charge on any atom is -0.497 e. The number of thiazole rings is 1. The molecule has 1 aliphatic carbocycles. The second-order valence-electron chi connectivity index (χ2n) is 10.5. The Morgan fingerprint density at radius 3 is 2.63 bits per heavy atom. The number of carbonyl (C=O) groups is 1. The monoisotopic (exact) mass is 578 g/mol. The highest BCUT2D eigenvalue weighted by molar-refractivity contribution is 7.18. The molecule has 4 aromatic rings. The van der Waals surface area contributed by atoms with E-state index in [1.807, 2.05) is 36.4 Å². The molecule has 0 radical (unpaired) electrons. The van der Waals surface area contributed by atoms with Crippen molar-refractivity contribution in [2.75, 3.05) is 27.4 Å². The number of methoxy groups -OCH3 is 2. The number of hydrogen-bond acceptors (Lipinski definition) is 8. The number of halogens is 1. The maximum Gasteiger partial charge on any atom is 0.410 e. The van der Waals surface area contributed by atoms with Crippen LogP contribution in [0.3, 0.4) is 0 Å². The molecule has 11 heteroatoms. The third-order valence-corrected chi connectivity index (χ3v) is 8.97. The average molecular weight is 579 g/mol. The highest BCUT2D eigenvalue weighted by Crippen LogP contribution is 2.48. The lowest BCUT2D eigenvalue weighted by atomic mass is 10.1. The number of carbonyl (C=O) groups excluding carboxylic acids is 1. The zero-order valence-electron chi connectivity index (χ0n) is 23.0. The zero-order valence-corrected chi connectivity index (χ0v) is 23.8. The molecule has 2 aliphatic rings. The van der Waals surface area contributed by atoms with Gasteiger partial charge in [0.1, 0.15) is 35.6 Å². The van der Waals surface area contributed by atoms with E-state index < -0.39 is 18.2 Å².